The number of nitrogens with two attached hydrogens (primary N) is 1. The van der Waals surface area contributed by atoms with Gasteiger partial charge in [-0.1, -0.05) is 0 Å². The molecule has 0 spiro atoms. The molecule has 3 N–H and O–H groups in total. The highest BCUT2D eigenvalue weighted by Crippen LogP contribution is 2.25. The Hall–Kier alpha value is -2.06. The molecule has 0 unspecified atom stereocenters. The van der Waals surface area contributed by atoms with Crippen LogP contribution in [0.4, 0.5) is 11.4 Å². The monoisotopic (exact) mass is 227 g/mol. The summed E-state index contributed by atoms with van der Waals surface area (Å²) in [4.78, 5) is 19.5. The normalized spacial score (nSPS) is 12.1. The lowest BCUT2D eigenvalue weighted by Crippen LogP contribution is -2.14. The first kappa shape index (κ1) is 12.0. The van der Waals surface area contributed by atoms with Crippen molar-refractivity contribution in [2.75, 3.05) is 6.61 Å². The summed E-state index contributed by atoms with van der Waals surface area (Å²) < 4.78 is 0. The molecule has 1 atom stereocenters. The van der Waals surface area contributed by atoms with E-state index in [4.69, 9.17) is 10.8 Å². The summed E-state index contributed by atoms with van der Waals surface area (Å²) in [5, 5.41) is 29.8. The number of nitro groups is 2. The van der Waals surface area contributed by atoms with Gasteiger partial charge in [0.05, 0.1) is 28.6 Å². The summed E-state index contributed by atoms with van der Waals surface area (Å²) in [6.45, 7) is -0.446. The van der Waals surface area contributed by atoms with Gasteiger partial charge in [-0.25, -0.2) is 0 Å². The zero-order valence-corrected chi connectivity index (χ0v) is 8.07. The molecule has 16 heavy (non-hydrogen) atoms. The zero-order valence-electron chi connectivity index (χ0n) is 8.07. The molecule has 1 aromatic carbocycles. The first-order chi connectivity index (χ1) is 7.45. The Balaban J connectivity index is 3.29. The molecule has 0 aliphatic rings. The summed E-state index contributed by atoms with van der Waals surface area (Å²) in [5.41, 5.74) is 4.75. The lowest BCUT2D eigenvalue weighted by molar-refractivity contribution is -0.394. The quantitative estimate of drug-likeness (QED) is 0.568. The molecule has 0 saturated heterocycles. The van der Waals surface area contributed by atoms with Gasteiger partial charge in [0, 0.05) is 12.1 Å². The number of rotatable bonds is 4. The SMILES string of the molecule is N[C@@H](CO)c1cc([N+](=O)[O-])cc([N+](=O)[O-])c1. The first-order valence-electron chi connectivity index (χ1n) is 4.26. The second kappa shape index (κ2) is 4.64. The molecule has 1 rings (SSSR count). The largest absolute Gasteiger partial charge is 0.394 e. The Morgan fingerprint density at radius 2 is 1.62 bits per heavy atom. The van der Waals surface area contributed by atoms with Crippen molar-refractivity contribution >= 4 is 11.4 Å². The maximum absolute atomic E-state index is 10.5. The van der Waals surface area contributed by atoms with Crippen LogP contribution in [0, 0.1) is 20.2 Å². The summed E-state index contributed by atoms with van der Waals surface area (Å²) in [5.74, 6) is 0. The van der Waals surface area contributed by atoms with Crippen LogP contribution in [0.1, 0.15) is 11.6 Å². The Morgan fingerprint density at radius 1 is 1.19 bits per heavy atom. The van der Waals surface area contributed by atoms with Gasteiger partial charge in [0.25, 0.3) is 11.4 Å². The van der Waals surface area contributed by atoms with E-state index >= 15 is 0 Å². The standard InChI is InChI=1S/C8H9N3O5/c9-8(4-12)5-1-6(10(13)14)3-7(2-5)11(15)16/h1-3,8,12H,4,9H2/t8-/m0/s1. The molecule has 0 bridgehead atoms. The van der Waals surface area contributed by atoms with Crippen molar-refractivity contribution in [2.45, 2.75) is 6.04 Å². The van der Waals surface area contributed by atoms with Gasteiger partial charge in [0.1, 0.15) is 0 Å². The average molecular weight is 227 g/mol. The highest BCUT2D eigenvalue weighted by molar-refractivity contribution is 5.47. The maximum atomic E-state index is 10.5. The van der Waals surface area contributed by atoms with Crippen LogP contribution in [0.3, 0.4) is 0 Å². The van der Waals surface area contributed by atoms with Gasteiger partial charge in [-0.05, 0) is 5.56 Å². The number of non-ortho nitro benzene ring substituents is 2. The molecule has 0 aromatic heterocycles. The summed E-state index contributed by atoms with van der Waals surface area (Å²) in [7, 11) is 0. The fourth-order valence-corrected chi connectivity index (χ4v) is 1.15. The molecule has 1 aromatic rings. The summed E-state index contributed by atoms with van der Waals surface area (Å²) in [6.07, 6.45) is 0. The van der Waals surface area contributed by atoms with Crippen LogP contribution in [-0.4, -0.2) is 21.6 Å². The summed E-state index contributed by atoms with van der Waals surface area (Å²) in [6, 6.07) is 2.17. The number of aliphatic hydroxyl groups is 1. The van der Waals surface area contributed by atoms with Crippen molar-refractivity contribution in [1.29, 1.82) is 0 Å². The van der Waals surface area contributed by atoms with Crippen LogP contribution in [0.25, 0.3) is 0 Å². The first-order valence-corrected chi connectivity index (χ1v) is 4.26. The highest BCUT2D eigenvalue weighted by Gasteiger charge is 2.18. The van der Waals surface area contributed by atoms with E-state index in [9.17, 15) is 20.2 Å². The molecule has 0 saturated carbocycles. The summed E-state index contributed by atoms with van der Waals surface area (Å²) >= 11 is 0. The molecule has 0 radical (unpaired) electrons. The van der Waals surface area contributed by atoms with Gasteiger partial charge in [-0.15, -0.1) is 0 Å². The molecule has 0 aliphatic heterocycles. The third-order valence-corrected chi connectivity index (χ3v) is 1.97. The van der Waals surface area contributed by atoms with Crippen LogP contribution in [0.15, 0.2) is 18.2 Å². The van der Waals surface area contributed by atoms with E-state index in [0.717, 1.165) is 18.2 Å². The Morgan fingerprint density at radius 3 is 1.94 bits per heavy atom. The molecule has 8 heteroatoms. The van der Waals surface area contributed by atoms with Gasteiger partial charge >= 0.3 is 0 Å². The van der Waals surface area contributed by atoms with Gasteiger partial charge in [-0.3, -0.25) is 20.2 Å². The van der Waals surface area contributed by atoms with Crippen LogP contribution < -0.4 is 5.73 Å². The second-order valence-corrected chi connectivity index (χ2v) is 3.09. The lowest BCUT2D eigenvalue weighted by Gasteiger charge is -2.07. The van der Waals surface area contributed by atoms with E-state index in [1.807, 2.05) is 0 Å². The molecule has 0 aliphatic carbocycles. The minimum absolute atomic E-state index is 0.156. The van der Waals surface area contributed by atoms with Crippen molar-refractivity contribution in [1.82, 2.24) is 0 Å². The van der Waals surface area contributed by atoms with Gasteiger partial charge in [0.2, 0.25) is 0 Å². The molecule has 86 valence electrons. The Bertz CT molecular complexity index is 401. The Labute approximate surface area is 89.6 Å². The van der Waals surface area contributed by atoms with Crippen LogP contribution in [0.5, 0.6) is 0 Å². The third kappa shape index (κ3) is 2.49. The maximum Gasteiger partial charge on any atom is 0.276 e. The van der Waals surface area contributed by atoms with E-state index in [1.54, 1.807) is 0 Å². The number of aliphatic hydroxyl groups excluding tert-OH is 1. The van der Waals surface area contributed by atoms with E-state index in [1.165, 1.54) is 0 Å². The lowest BCUT2D eigenvalue weighted by atomic mass is 10.1. The molecular weight excluding hydrogens is 218 g/mol. The number of hydrogen-bond donors (Lipinski definition) is 2. The van der Waals surface area contributed by atoms with E-state index in [-0.39, 0.29) is 5.56 Å². The number of hydrogen-bond acceptors (Lipinski definition) is 6. The molecule has 0 heterocycles. The fraction of sp³-hybridized carbons (Fsp3) is 0.250. The molecule has 0 fully saturated rings. The molecule has 0 amide bonds. The number of nitro benzene ring substituents is 2. The van der Waals surface area contributed by atoms with Crippen molar-refractivity contribution in [3.8, 4) is 0 Å². The van der Waals surface area contributed by atoms with Crippen molar-refractivity contribution in [3.63, 3.8) is 0 Å². The van der Waals surface area contributed by atoms with Crippen LogP contribution in [0.2, 0.25) is 0 Å². The number of benzene rings is 1. The van der Waals surface area contributed by atoms with E-state index in [0.29, 0.717) is 0 Å². The third-order valence-electron chi connectivity index (χ3n) is 1.97. The minimum Gasteiger partial charge on any atom is -0.394 e. The predicted octanol–water partition coefficient (Wildman–Crippen LogP) is 0.495. The van der Waals surface area contributed by atoms with Gasteiger partial charge in [0.15, 0.2) is 0 Å². The van der Waals surface area contributed by atoms with Crippen LogP contribution in [-0.2, 0) is 0 Å². The highest BCUT2D eigenvalue weighted by atomic mass is 16.6. The topological polar surface area (TPSA) is 133 Å². The molecule has 8 nitrogen and oxygen atoms in total. The zero-order chi connectivity index (χ0) is 12.3. The van der Waals surface area contributed by atoms with Crippen molar-refractivity contribution in [3.05, 3.63) is 44.0 Å². The second-order valence-electron chi connectivity index (χ2n) is 3.09. The predicted molar refractivity (Wildman–Crippen MR) is 53.8 cm³/mol. The average Bonchev–Trinajstić information content (AvgIpc) is 2.27. The fourth-order valence-electron chi connectivity index (χ4n) is 1.15. The number of nitrogens with zero attached hydrogens (tertiary/aromatic N) is 2. The smallest absolute Gasteiger partial charge is 0.276 e. The minimum atomic E-state index is -0.876. The van der Waals surface area contributed by atoms with Crippen LogP contribution >= 0.6 is 0 Å². The van der Waals surface area contributed by atoms with Crippen molar-refractivity contribution in [2.24, 2.45) is 5.73 Å². The van der Waals surface area contributed by atoms with Gasteiger partial charge < -0.3 is 10.8 Å². The van der Waals surface area contributed by atoms with Gasteiger partial charge in [-0.2, -0.15) is 0 Å². The van der Waals surface area contributed by atoms with E-state index in [2.05, 4.69) is 0 Å². The van der Waals surface area contributed by atoms with E-state index < -0.39 is 33.9 Å². The van der Waals surface area contributed by atoms with Crippen molar-refractivity contribution < 1.29 is 15.0 Å². The molecular formula is C8H9N3O5. The Kier molecular flexibility index (Phi) is 3.48.